The number of nitrogens with one attached hydrogen (secondary N) is 1. The number of carbonyl (C=O) groups excluding carboxylic acids is 1. The fraction of sp³-hybridized carbons (Fsp3) is 0.429. The molecule has 3 aromatic rings. The van der Waals surface area contributed by atoms with Crippen LogP contribution in [0.25, 0.3) is 11.5 Å². The fourth-order valence-electron chi connectivity index (χ4n) is 3.67. The molecule has 1 unspecified atom stereocenters. The molecule has 0 fully saturated rings. The average molecular weight is 481 g/mol. The molecule has 2 N–H and O–H groups in total. The van der Waals surface area contributed by atoms with E-state index in [-0.39, 0.29) is 29.3 Å². The normalized spacial score (nSPS) is 15.9. The molecule has 4 rings (SSSR count). The highest BCUT2D eigenvalue weighted by Crippen LogP contribution is 2.35. The number of aliphatic hydroxyl groups is 1. The third-order valence-corrected chi connectivity index (χ3v) is 5.56. The first-order valence-electron chi connectivity index (χ1n) is 10.7. The number of amides is 2. The molecule has 33 heavy (non-hydrogen) atoms. The van der Waals surface area contributed by atoms with E-state index in [0.29, 0.717) is 43.1 Å². The number of aromatic amines is 1. The van der Waals surface area contributed by atoms with Crippen LogP contribution in [0.2, 0.25) is 5.28 Å². The van der Waals surface area contributed by atoms with Crippen LogP contribution in [0, 0.1) is 11.6 Å². The molecule has 0 saturated heterocycles. The van der Waals surface area contributed by atoms with Gasteiger partial charge in [0.2, 0.25) is 5.28 Å². The van der Waals surface area contributed by atoms with Gasteiger partial charge in [-0.3, -0.25) is 9.80 Å². The summed E-state index contributed by atoms with van der Waals surface area (Å²) in [4.78, 5) is 27.0. The number of hydrogen-bond donors (Lipinski definition) is 2. The number of fused-ring (bicyclic) bond motifs is 1. The van der Waals surface area contributed by atoms with Gasteiger partial charge in [0, 0.05) is 25.6 Å². The molecule has 1 aliphatic heterocycles. The van der Waals surface area contributed by atoms with Crippen molar-refractivity contribution in [1.29, 1.82) is 0 Å². The van der Waals surface area contributed by atoms with Gasteiger partial charge in [-0.2, -0.15) is 9.97 Å². The number of anilines is 1. The van der Waals surface area contributed by atoms with Gasteiger partial charge in [-0.15, -0.1) is 0 Å². The van der Waals surface area contributed by atoms with E-state index in [2.05, 4.69) is 20.1 Å². The zero-order chi connectivity index (χ0) is 23.5. The number of carbonyl (C=O) groups is 1. The van der Waals surface area contributed by atoms with E-state index in [1.807, 2.05) is 6.92 Å². The summed E-state index contributed by atoms with van der Waals surface area (Å²) in [6, 6.07) is 2.78. The van der Waals surface area contributed by atoms with E-state index in [1.54, 1.807) is 0 Å². The predicted octanol–water partition coefficient (Wildman–Crippen LogP) is 4.45. The molecule has 2 amide bonds. The number of benzene rings is 1. The summed E-state index contributed by atoms with van der Waals surface area (Å²) in [7, 11) is 0. The maximum atomic E-state index is 13.9. The van der Waals surface area contributed by atoms with Crippen molar-refractivity contribution in [3.05, 3.63) is 46.6 Å². The Balaban J connectivity index is 1.36. The maximum absolute atomic E-state index is 13.9. The Labute approximate surface area is 193 Å². The highest BCUT2D eigenvalue weighted by atomic mass is 35.5. The van der Waals surface area contributed by atoms with Crippen molar-refractivity contribution in [1.82, 2.24) is 25.0 Å². The molecule has 1 aromatic carbocycles. The lowest BCUT2D eigenvalue weighted by atomic mass is 10.2. The van der Waals surface area contributed by atoms with Gasteiger partial charge in [-0.25, -0.2) is 13.6 Å². The zero-order valence-electron chi connectivity index (χ0n) is 17.9. The van der Waals surface area contributed by atoms with Crippen LogP contribution in [0.3, 0.4) is 0 Å². The van der Waals surface area contributed by atoms with Crippen LogP contribution in [0.1, 0.15) is 50.4 Å². The average Bonchev–Trinajstić information content (AvgIpc) is 3.40. The second-order valence-corrected chi connectivity index (χ2v) is 8.07. The Kier molecular flexibility index (Phi) is 6.89. The van der Waals surface area contributed by atoms with Gasteiger partial charge >= 0.3 is 6.03 Å². The number of aliphatic hydroxyl groups excluding tert-OH is 1. The van der Waals surface area contributed by atoms with E-state index in [9.17, 15) is 18.7 Å². The first kappa shape index (κ1) is 23.1. The molecule has 0 radical (unpaired) electrons. The first-order chi connectivity index (χ1) is 15.9. The summed E-state index contributed by atoms with van der Waals surface area (Å²) >= 11 is 5.97. The summed E-state index contributed by atoms with van der Waals surface area (Å²) in [6.45, 7) is 2.78. The lowest BCUT2D eigenvalue weighted by Gasteiger charge is -2.37. The van der Waals surface area contributed by atoms with E-state index in [4.69, 9.17) is 16.1 Å². The van der Waals surface area contributed by atoms with Crippen LogP contribution in [-0.4, -0.2) is 49.2 Å². The number of halogens is 3. The molecule has 1 aliphatic rings. The molecule has 0 bridgehead atoms. The van der Waals surface area contributed by atoms with Crippen LogP contribution in [0.4, 0.5) is 19.4 Å². The molecule has 1 atom stereocenters. The minimum atomic E-state index is -1.18. The Morgan fingerprint density at radius 3 is 2.79 bits per heavy atom. The van der Waals surface area contributed by atoms with Gasteiger partial charge in [-0.05, 0) is 43.0 Å². The molecule has 0 aliphatic carbocycles. The fourth-order valence-corrected chi connectivity index (χ4v) is 3.85. The topological polar surface area (TPSA) is 111 Å². The smallest absolute Gasteiger partial charge is 0.328 e. The molecule has 3 heterocycles. The largest absolute Gasteiger partial charge is 0.368 e. The lowest BCUT2D eigenvalue weighted by Crippen LogP contribution is -2.50. The van der Waals surface area contributed by atoms with Crippen LogP contribution < -0.4 is 4.90 Å². The summed E-state index contributed by atoms with van der Waals surface area (Å²) in [5, 5.41) is 14.6. The van der Waals surface area contributed by atoms with E-state index in [0.717, 1.165) is 25.0 Å². The Bertz CT molecular complexity index is 1140. The zero-order valence-corrected chi connectivity index (χ0v) is 18.6. The van der Waals surface area contributed by atoms with Gasteiger partial charge in [0.25, 0.3) is 5.89 Å². The summed E-state index contributed by atoms with van der Waals surface area (Å²) < 4.78 is 32.1. The summed E-state index contributed by atoms with van der Waals surface area (Å²) in [5.41, 5.74) is 0.415. The van der Waals surface area contributed by atoms with Gasteiger partial charge in [0.1, 0.15) is 17.3 Å². The van der Waals surface area contributed by atoms with Crippen molar-refractivity contribution in [3.8, 4) is 11.5 Å². The number of H-pyrrole nitrogens is 1. The van der Waals surface area contributed by atoms with Crippen molar-refractivity contribution < 1.29 is 23.2 Å². The number of aryl methyl sites for hydroxylation is 1. The predicted molar refractivity (Wildman–Crippen MR) is 116 cm³/mol. The number of hydrogen-bond acceptors (Lipinski definition) is 6. The van der Waals surface area contributed by atoms with Gasteiger partial charge < -0.3 is 14.6 Å². The van der Waals surface area contributed by atoms with Crippen LogP contribution in [-0.2, 0) is 6.42 Å². The maximum Gasteiger partial charge on any atom is 0.328 e. The first-order valence-corrected chi connectivity index (χ1v) is 11.1. The molecular formula is C21H23ClF2N6O3. The lowest BCUT2D eigenvalue weighted by molar-refractivity contribution is 0.0234. The number of urea groups is 1. The van der Waals surface area contributed by atoms with E-state index in [1.165, 1.54) is 15.9 Å². The Morgan fingerprint density at radius 1 is 1.21 bits per heavy atom. The second-order valence-electron chi connectivity index (χ2n) is 7.72. The number of rotatable bonds is 9. The number of unbranched alkanes of at least 4 members (excludes halogenated alkanes) is 2. The van der Waals surface area contributed by atoms with Gasteiger partial charge in [0.15, 0.2) is 17.9 Å². The summed E-state index contributed by atoms with van der Waals surface area (Å²) in [5.74, 6) is -0.780. The number of nitrogens with zero attached hydrogens (tertiary/aromatic N) is 5. The van der Waals surface area contributed by atoms with Crippen LogP contribution in [0.15, 0.2) is 22.7 Å². The third-order valence-electron chi connectivity index (χ3n) is 5.38. The van der Waals surface area contributed by atoms with E-state index < -0.39 is 17.9 Å². The number of imidazole rings is 1. The minimum Gasteiger partial charge on any atom is -0.368 e. The standard InChI is InChI=1S/C21H23ClF2N6O3/c1-2-3-9-29-17-16(26-20(22)27-17)19(31)30(21(29)32)10-5-4-6-15-25-18(33-28-15)13-8-7-12(23)11-14(13)24/h7-8,11,19,31H,2-6,9-10H2,1H3,(H,26,27). The number of aromatic nitrogens is 4. The molecule has 9 nitrogen and oxygen atoms in total. The van der Waals surface area contributed by atoms with E-state index >= 15 is 0 Å². The van der Waals surface area contributed by atoms with Crippen molar-refractivity contribution >= 4 is 23.4 Å². The Morgan fingerprint density at radius 2 is 2.03 bits per heavy atom. The SMILES string of the molecule is CCCCN1C(=O)N(CCCCc2noc(-c3ccc(F)cc3F)n2)C(O)c2[nH]c(Cl)nc21. The monoisotopic (exact) mass is 480 g/mol. The highest BCUT2D eigenvalue weighted by Gasteiger charge is 2.38. The van der Waals surface area contributed by atoms with Crippen molar-refractivity contribution in [2.75, 3.05) is 18.0 Å². The summed E-state index contributed by atoms with van der Waals surface area (Å²) in [6.07, 6.45) is 2.07. The van der Waals surface area contributed by atoms with Crippen molar-refractivity contribution in [2.24, 2.45) is 0 Å². The molecule has 0 saturated carbocycles. The molecular weight excluding hydrogens is 458 g/mol. The minimum absolute atomic E-state index is 0.0263. The third kappa shape index (κ3) is 4.83. The second kappa shape index (κ2) is 9.84. The molecule has 2 aromatic heterocycles. The van der Waals surface area contributed by atoms with Gasteiger partial charge in [0.05, 0.1) is 5.56 Å². The van der Waals surface area contributed by atoms with Gasteiger partial charge in [-0.1, -0.05) is 18.5 Å². The highest BCUT2D eigenvalue weighted by molar-refractivity contribution is 6.28. The van der Waals surface area contributed by atoms with Crippen LogP contribution in [0.5, 0.6) is 0 Å². The van der Waals surface area contributed by atoms with Crippen LogP contribution >= 0.6 is 11.6 Å². The molecule has 0 spiro atoms. The van der Waals surface area contributed by atoms with Crippen molar-refractivity contribution in [3.63, 3.8) is 0 Å². The van der Waals surface area contributed by atoms with Crippen molar-refractivity contribution in [2.45, 2.75) is 45.3 Å². The Hall–Kier alpha value is -3.05. The molecule has 12 heteroatoms. The molecule has 176 valence electrons. The quantitative estimate of drug-likeness (QED) is 0.438.